The van der Waals surface area contributed by atoms with E-state index in [9.17, 15) is 31.1 Å². The Bertz CT molecular complexity index is 1410. The molecule has 0 saturated carbocycles. The van der Waals surface area contributed by atoms with Gasteiger partial charge in [0.1, 0.15) is 0 Å². The first-order valence-electron chi connectivity index (χ1n) is 9.38. The Labute approximate surface area is 186 Å². The third-order valence-electron chi connectivity index (χ3n) is 4.96. The van der Waals surface area contributed by atoms with Crippen molar-refractivity contribution in [2.24, 2.45) is 5.73 Å². The van der Waals surface area contributed by atoms with Crippen molar-refractivity contribution in [2.45, 2.75) is 12.4 Å². The van der Waals surface area contributed by atoms with Gasteiger partial charge in [0, 0.05) is 34.3 Å². The molecule has 0 radical (unpaired) electrons. The van der Waals surface area contributed by atoms with Gasteiger partial charge in [0.2, 0.25) is 11.8 Å². The van der Waals surface area contributed by atoms with Crippen LogP contribution in [0.3, 0.4) is 0 Å². The zero-order valence-corrected chi connectivity index (χ0v) is 17.1. The molecule has 0 aliphatic rings. The minimum absolute atomic E-state index is 0.102. The minimum atomic E-state index is -5.18. The van der Waals surface area contributed by atoms with Crippen molar-refractivity contribution in [1.29, 1.82) is 0 Å². The molecule has 0 atom stereocenters. The molecule has 3 heterocycles. The molecule has 2 N–H and O–H groups in total. The lowest BCUT2D eigenvalue weighted by Gasteiger charge is -2.18. The quantitative estimate of drug-likeness (QED) is 0.429. The number of pyridine rings is 2. The van der Waals surface area contributed by atoms with Gasteiger partial charge in [-0.3, -0.25) is 9.78 Å². The molecule has 0 saturated heterocycles. The number of halogens is 6. The number of primary amides is 1. The highest BCUT2D eigenvalue weighted by Gasteiger charge is 2.44. The minimum Gasteiger partial charge on any atom is -0.481 e. The van der Waals surface area contributed by atoms with Gasteiger partial charge in [0.05, 0.1) is 24.6 Å². The molecule has 4 aromatic rings. The summed E-state index contributed by atoms with van der Waals surface area (Å²) < 4.78 is 89.6. The Kier molecular flexibility index (Phi) is 5.42. The van der Waals surface area contributed by atoms with Crippen molar-refractivity contribution in [3.63, 3.8) is 0 Å². The number of rotatable bonds is 4. The standard InChI is InChI=1S/C21H13F6N5O2/c1-34-19-11-3-2-4-14(10(11)5-8-30-19)32-17(21(25,26)27)13(9-31-32)15-12(18(28)33)6-7-29-16(15)20(22,23)24/h2-9H,1H3,(H2,28,33). The summed E-state index contributed by atoms with van der Waals surface area (Å²) in [6.07, 6.45) is -7.81. The predicted octanol–water partition coefficient (Wildman–Crippen LogP) is 4.63. The number of carbonyl (C=O) groups excluding carboxylic acids is 1. The van der Waals surface area contributed by atoms with E-state index in [0.29, 0.717) is 22.5 Å². The second kappa shape index (κ2) is 8.01. The summed E-state index contributed by atoms with van der Waals surface area (Å²) in [5.41, 5.74) is -1.05. The summed E-state index contributed by atoms with van der Waals surface area (Å²) in [7, 11) is 1.33. The highest BCUT2D eigenvalue weighted by molar-refractivity contribution is 6.01. The number of carbonyl (C=O) groups is 1. The molecular formula is C21H13F6N5O2. The second-order valence-electron chi connectivity index (χ2n) is 6.95. The summed E-state index contributed by atoms with van der Waals surface area (Å²) >= 11 is 0. The van der Waals surface area contributed by atoms with E-state index in [1.807, 2.05) is 0 Å². The Morgan fingerprint density at radius 2 is 1.68 bits per heavy atom. The number of hydrogen-bond acceptors (Lipinski definition) is 5. The lowest BCUT2D eigenvalue weighted by Crippen LogP contribution is -2.20. The Morgan fingerprint density at radius 3 is 2.29 bits per heavy atom. The largest absolute Gasteiger partial charge is 0.481 e. The maximum Gasteiger partial charge on any atom is 0.434 e. The summed E-state index contributed by atoms with van der Waals surface area (Å²) in [4.78, 5) is 19.0. The van der Waals surface area contributed by atoms with Crippen LogP contribution in [-0.4, -0.2) is 32.8 Å². The predicted molar refractivity (Wildman–Crippen MR) is 107 cm³/mol. The molecule has 1 amide bonds. The zero-order valence-electron chi connectivity index (χ0n) is 17.1. The smallest absolute Gasteiger partial charge is 0.434 e. The molecule has 0 aliphatic carbocycles. The lowest BCUT2D eigenvalue weighted by molar-refractivity contribution is -0.144. The lowest BCUT2D eigenvalue weighted by atomic mass is 9.97. The molecule has 3 aromatic heterocycles. The number of alkyl halides is 6. The second-order valence-corrected chi connectivity index (χ2v) is 6.95. The van der Waals surface area contributed by atoms with Gasteiger partial charge in [-0.25, -0.2) is 9.67 Å². The van der Waals surface area contributed by atoms with Gasteiger partial charge in [0.25, 0.3) is 0 Å². The number of amides is 1. The van der Waals surface area contributed by atoms with E-state index < -0.39 is 46.3 Å². The normalized spacial score (nSPS) is 12.2. The van der Waals surface area contributed by atoms with E-state index in [1.54, 1.807) is 6.07 Å². The third-order valence-corrected chi connectivity index (χ3v) is 4.96. The fourth-order valence-electron chi connectivity index (χ4n) is 3.65. The van der Waals surface area contributed by atoms with Crippen LogP contribution in [0.15, 0.2) is 48.9 Å². The van der Waals surface area contributed by atoms with E-state index >= 15 is 0 Å². The van der Waals surface area contributed by atoms with Crippen molar-refractivity contribution in [2.75, 3.05) is 7.11 Å². The van der Waals surface area contributed by atoms with Crippen molar-refractivity contribution >= 4 is 16.7 Å². The number of ether oxygens (including phenoxy) is 1. The van der Waals surface area contributed by atoms with Gasteiger partial charge in [-0.2, -0.15) is 31.4 Å². The van der Waals surface area contributed by atoms with Crippen LogP contribution in [0.2, 0.25) is 0 Å². The Morgan fingerprint density at radius 1 is 0.971 bits per heavy atom. The average Bonchev–Trinajstić information content (AvgIpc) is 3.22. The summed E-state index contributed by atoms with van der Waals surface area (Å²) in [5, 5.41) is 4.34. The molecule has 1 aromatic carbocycles. The number of nitrogens with two attached hydrogens (primary N) is 1. The molecule has 0 fully saturated rings. The van der Waals surface area contributed by atoms with Crippen LogP contribution >= 0.6 is 0 Å². The van der Waals surface area contributed by atoms with Crippen LogP contribution in [0.25, 0.3) is 27.6 Å². The van der Waals surface area contributed by atoms with Gasteiger partial charge >= 0.3 is 12.4 Å². The van der Waals surface area contributed by atoms with Crippen LogP contribution in [0.1, 0.15) is 21.7 Å². The van der Waals surface area contributed by atoms with Crippen LogP contribution in [0.5, 0.6) is 5.88 Å². The number of benzene rings is 1. The highest BCUT2D eigenvalue weighted by atomic mass is 19.4. The van der Waals surface area contributed by atoms with E-state index in [1.165, 1.54) is 31.5 Å². The molecule has 34 heavy (non-hydrogen) atoms. The van der Waals surface area contributed by atoms with Gasteiger partial charge < -0.3 is 10.5 Å². The van der Waals surface area contributed by atoms with E-state index in [4.69, 9.17) is 10.5 Å². The van der Waals surface area contributed by atoms with Gasteiger partial charge in [0.15, 0.2) is 11.4 Å². The molecule has 176 valence electrons. The summed E-state index contributed by atoms with van der Waals surface area (Å²) in [6.45, 7) is 0. The fourth-order valence-corrected chi connectivity index (χ4v) is 3.65. The van der Waals surface area contributed by atoms with Crippen LogP contribution in [-0.2, 0) is 12.4 Å². The molecule has 0 unspecified atom stereocenters. The van der Waals surface area contributed by atoms with E-state index in [2.05, 4.69) is 15.1 Å². The summed E-state index contributed by atoms with van der Waals surface area (Å²) in [5.74, 6) is -1.23. The maximum atomic E-state index is 14.3. The maximum absolute atomic E-state index is 14.3. The number of methoxy groups -OCH3 is 1. The van der Waals surface area contributed by atoms with Gasteiger partial charge in [-0.1, -0.05) is 6.07 Å². The average molecular weight is 481 g/mol. The molecule has 0 aliphatic heterocycles. The fraction of sp³-hybridized carbons (Fsp3) is 0.143. The van der Waals surface area contributed by atoms with Gasteiger partial charge in [-0.15, -0.1) is 0 Å². The molecular weight excluding hydrogens is 468 g/mol. The van der Waals surface area contributed by atoms with Crippen LogP contribution < -0.4 is 10.5 Å². The van der Waals surface area contributed by atoms with Crippen LogP contribution in [0.4, 0.5) is 26.3 Å². The molecule has 0 spiro atoms. The van der Waals surface area contributed by atoms with Crippen molar-refractivity contribution in [3.8, 4) is 22.7 Å². The van der Waals surface area contributed by atoms with Gasteiger partial charge in [-0.05, 0) is 24.3 Å². The first-order valence-corrected chi connectivity index (χ1v) is 9.38. The van der Waals surface area contributed by atoms with Crippen molar-refractivity contribution in [1.82, 2.24) is 19.7 Å². The Hall–Kier alpha value is -4.16. The topological polar surface area (TPSA) is 95.9 Å². The summed E-state index contributed by atoms with van der Waals surface area (Å²) in [6, 6.07) is 6.50. The third kappa shape index (κ3) is 3.78. The first kappa shape index (κ1) is 23.0. The molecule has 13 heteroatoms. The van der Waals surface area contributed by atoms with Crippen LogP contribution in [0, 0.1) is 0 Å². The van der Waals surface area contributed by atoms with E-state index in [0.717, 1.165) is 6.07 Å². The van der Waals surface area contributed by atoms with E-state index in [-0.39, 0.29) is 17.0 Å². The number of fused-ring (bicyclic) bond motifs is 1. The van der Waals surface area contributed by atoms with Crippen molar-refractivity contribution < 1.29 is 35.9 Å². The monoisotopic (exact) mass is 481 g/mol. The molecule has 0 bridgehead atoms. The first-order chi connectivity index (χ1) is 15.9. The zero-order chi connectivity index (χ0) is 24.8. The number of aromatic nitrogens is 4. The number of hydrogen-bond donors (Lipinski definition) is 1. The highest BCUT2D eigenvalue weighted by Crippen LogP contribution is 2.44. The SMILES string of the molecule is COc1nccc2c(-n3ncc(-c4c(C(N)=O)ccnc4C(F)(F)F)c3C(F)(F)F)cccc12. The van der Waals surface area contributed by atoms with Crippen molar-refractivity contribution in [3.05, 3.63) is 65.9 Å². The number of nitrogens with zero attached hydrogens (tertiary/aromatic N) is 4. The molecule has 7 nitrogen and oxygen atoms in total. The molecule has 4 rings (SSSR count). The Balaban J connectivity index is 2.11.